The summed E-state index contributed by atoms with van der Waals surface area (Å²) in [5.41, 5.74) is 2.06. The van der Waals surface area contributed by atoms with Crippen LogP contribution in [0.2, 0.25) is 0 Å². The van der Waals surface area contributed by atoms with Crippen LogP contribution < -0.4 is 0 Å². The van der Waals surface area contributed by atoms with Crippen molar-refractivity contribution in [1.82, 2.24) is 13.9 Å². The maximum absolute atomic E-state index is 14.1. The molecule has 178 valence electrons. The van der Waals surface area contributed by atoms with Crippen LogP contribution in [0.15, 0.2) is 52.5 Å². The molecule has 33 heavy (non-hydrogen) atoms. The van der Waals surface area contributed by atoms with Crippen LogP contribution in [0.3, 0.4) is 0 Å². The molecule has 7 nitrogen and oxygen atoms in total. The van der Waals surface area contributed by atoms with E-state index < -0.39 is 10.0 Å². The van der Waals surface area contributed by atoms with Crippen molar-refractivity contribution in [2.24, 2.45) is 0 Å². The summed E-state index contributed by atoms with van der Waals surface area (Å²) in [6.07, 6.45) is 0.792. The maximum atomic E-state index is 14.1. The van der Waals surface area contributed by atoms with Gasteiger partial charge in [0.25, 0.3) is 0 Å². The third kappa shape index (κ3) is 5.58. The van der Waals surface area contributed by atoms with Crippen molar-refractivity contribution >= 4 is 32.8 Å². The number of hydrogen-bond acceptors (Lipinski definition) is 6. The summed E-state index contributed by atoms with van der Waals surface area (Å²) in [6, 6.07) is 11.8. The second-order valence-electron chi connectivity index (χ2n) is 7.64. The number of fused-ring (bicyclic) bond motifs is 1. The summed E-state index contributed by atoms with van der Waals surface area (Å²) in [6.45, 7) is 5.38. The van der Waals surface area contributed by atoms with E-state index >= 15 is 0 Å². The molecule has 0 radical (unpaired) electrons. The van der Waals surface area contributed by atoms with E-state index in [2.05, 4.69) is 4.57 Å². The minimum atomic E-state index is -3.61. The minimum Gasteiger partial charge on any atom is -0.382 e. The molecule has 1 fully saturated rings. The minimum absolute atomic E-state index is 0.224. The van der Waals surface area contributed by atoms with Crippen LogP contribution >= 0.6 is 11.8 Å². The van der Waals surface area contributed by atoms with Crippen LogP contribution in [0.4, 0.5) is 4.39 Å². The highest BCUT2D eigenvalue weighted by molar-refractivity contribution is 7.98. The Hall–Kier alpha value is -1.98. The Morgan fingerprint density at radius 2 is 1.97 bits per heavy atom. The molecule has 1 aliphatic rings. The van der Waals surface area contributed by atoms with Gasteiger partial charge in [-0.15, -0.1) is 0 Å². The fourth-order valence-electron chi connectivity index (χ4n) is 3.74. The summed E-state index contributed by atoms with van der Waals surface area (Å²) < 4.78 is 54.6. The number of nitrogens with zero attached hydrogens (tertiary/aromatic N) is 3. The number of thioether (sulfide) groups is 1. The highest BCUT2D eigenvalue weighted by Crippen LogP contribution is 2.30. The van der Waals surface area contributed by atoms with Gasteiger partial charge >= 0.3 is 0 Å². The van der Waals surface area contributed by atoms with E-state index in [1.165, 1.54) is 22.1 Å². The Morgan fingerprint density at radius 3 is 2.73 bits per heavy atom. The summed E-state index contributed by atoms with van der Waals surface area (Å²) in [5.74, 6) is 0.184. The first-order chi connectivity index (χ1) is 16.0. The Kier molecular flexibility index (Phi) is 8.02. The predicted molar refractivity (Wildman–Crippen MR) is 126 cm³/mol. The second kappa shape index (κ2) is 11.0. The van der Waals surface area contributed by atoms with Crippen LogP contribution in [-0.2, 0) is 31.8 Å². The van der Waals surface area contributed by atoms with Crippen LogP contribution in [0, 0.1) is 5.82 Å². The van der Waals surface area contributed by atoms with Crippen molar-refractivity contribution in [2.45, 2.75) is 35.7 Å². The van der Waals surface area contributed by atoms with Crippen LogP contribution in [-0.4, -0.2) is 61.8 Å². The van der Waals surface area contributed by atoms with E-state index in [1.807, 2.05) is 19.1 Å². The topological polar surface area (TPSA) is 73.7 Å². The van der Waals surface area contributed by atoms with Gasteiger partial charge in [0, 0.05) is 38.6 Å². The lowest BCUT2D eigenvalue weighted by atomic mass is 10.2. The molecule has 0 amide bonds. The Balaban J connectivity index is 1.63. The monoisotopic (exact) mass is 493 g/mol. The first kappa shape index (κ1) is 24.2. The molecule has 3 aromatic rings. The molecule has 1 aromatic heterocycles. The highest BCUT2D eigenvalue weighted by Gasteiger charge is 2.27. The third-order valence-corrected chi connectivity index (χ3v) is 8.40. The lowest BCUT2D eigenvalue weighted by Gasteiger charge is -2.26. The van der Waals surface area contributed by atoms with Gasteiger partial charge in [-0.05, 0) is 43.2 Å². The predicted octanol–water partition coefficient (Wildman–Crippen LogP) is 3.92. The van der Waals surface area contributed by atoms with Crippen molar-refractivity contribution in [3.05, 3.63) is 53.8 Å². The third-order valence-electron chi connectivity index (χ3n) is 5.48. The molecule has 4 rings (SSSR count). The van der Waals surface area contributed by atoms with E-state index in [1.54, 1.807) is 24.3 Å². The molecular weight excluding hydrogens is 465 g/mol. The Morgan fingerprint density at radius 1 is 1.18 bits per heavy atom. The van der Waals surface area contributed by atoms with E-state index in [4.69, 9.17) is 14.5 Å². The molecule has 2 aromatic carbocycles. The number of aromatic nitrogens is 2. The number of morpholine rings is 1. The van der Waals surface area contributed by atoms with Gasteiger partial charge in [0.05, 0.1) is 29.1 Å². The largest absolute Gasteiger partial charge is 0.382 e. The number of benzene rings is 2. The van der Waals surface area contributed by atoms with Gasteiger partial charge in [-0.3, -0.25) is 0 Å². The first-order valence-corrected chi connectivity index (χ1v) is 13.5. The van der Waals surface area contributed by atoms with Gasteiger partial charge in [0.2, 0.25) is 10.0 Å². The number of halogens is 1. The first-order valence-electron chi connectivity index (χ1n) is 11.0. The summed E-state index contributed by atoms with van der Waals surface area (Å²) >= 11 is 1.44. The number of hydrogen-bond donors (Lipinski definition) is 0. The normalized spacial score (nSPS) is 15.3. The van der Waals surface area contributed by atoms with Crippen LogP contribution in [0.25, 0.3) is 11.0 Å². The average Bonchev–Trinajstić information content (AvgIpc) is 3.18. The molecule has 0 bridgehead atoms. The van der Waals surface area contributed by atoms with Crippen molar-refractivity contribution < 1.29 is 22.3 Å². The second-order valence-corrected chi connectivity index (χ2v) is 10.5. The number of imidazole rings is 1. The molecule has 1 aliphatic heterocycles. The van der Waals surface area contributed by atoms with Crippen molar-refractivity contribution in [1.29, 1.82) is 0 Å². The fourth-order valence-corrected chi connectivity index (χ4v) is 6.19. The smallest absolute Gasteiger partial charge is 0.243 e. The molecule has 0 N–H and O–H groups in total. The zero-order chi connectivity index (χ0) is 23.3. The van der Waals surface area contributed by atoms with E-state index in [-0.39, 0.29) is 10.7 Å². The zero-order valence-electron chi connectivity index (χ0n) is 18.6. The van der Waals surface area contributed by atoms with Gasteiger partial charge in [-0.1, -0.05) is 30.0 Å². The molecule has 0 aliphatic carbocycles. The average molecular weight is 494 g/mol. The summed E-state index contributed by atoms with van der Waals surface area (Å²) in [5, 5.41) is 0.727. The molecule has 0 spiro atoms. The van der Waals surface area contributed by atoms with Gasteiger partial charge in [-0.2, -0.15) is 4.31 Å². The van der Waals surface area contributed by atoms with Gasteiger partial charge in [-0.25, -0.2) is 17.8 Å². The quantitative estimate of drug-likeness (QED) is 0.315. The molecule has 0 unspecified atom stereocenters. The summed E-state index contributed by atoms with van der Waals surface area (Å²) in [4.78, 5) is 4.95. The fraction of sp³-hybridized carbons (Fsp3) is 0.435. The zero-order valence-corrected chi connectivity index (χ0v) is 20.2. The number of ether oxygens (including phenoxy) is 2. The van der Waals surface area contributed by atoms with E-state index in [9.17, 15) is 12.8 Å². The van der Waals surface area contributed by atoms with E-state index in [0.717, 1.165) is 17.1 Å². The number of rotatable bonds is 10. The molecule has 10 heteroatoms. The van der Waals surface area contributed by atoms with Gasteiger partial charge in [0.1, 0.15) is 5.82 Å². The van der Waals surface area contributed by atoms with E-state index in [0.29, 0.717) is 62.9 Å². The number of sulfonamides is 1. The van der Waals surface area contributed by atoms with Crippen LogP contribution in [0.1, 0.15) is 18.9 Å². The lowest BCUT2D eigenvalue weighted by molar-refractivity contribution is 0.0730. The van der Waals surface area contributed by atoms with Crippen molar-refractivity contribution in [3.8, 4) is 0 Å². The van der Waals surface area contributed by atoms with Crippen molar-refractivity contribution in [2.75, 3.05) is 39.5 Å². The summed E-state index contributed by atoms with van der Waals surface area (Å²) in [7, 11) is -3.61. The molecule has 0 saturated carbocycles. The maximum Gasteiger partial charge on any atom is 0.243 e. The van der Waals surface area contributed by atoms with Crippen molar-refractivity contribution in [3.63, 3.8) is 0 Å². The molecule has 2 heterocycles. The molecular formula is C23H28FN3O4S2. The van der Waals surface area contributed by atoms with Gasteiger partial charge in [0.15, 0.2) is 5.16 Å². The Bertz CT molecular complexity index is 1190. The lowest BCUT2D eigenvalue weighted by Crippen LogP contribution is -2.40. The molecule has 1 saturated heterocycles. The highest BCUT2D eigenvalue weighted by atomic mass is 32.2. The number of aryl methyl sites for hydroxylation is 1. The Labute approximate surface area is 197 Å². The molecule has 0 atom stereocenters. The SMILES string of the molecule is CCOCCCn1c(SCc2ccccc2F)nc2cc(S(=O)(=O)N3CCOCC3)ccc21. The van der Waals surface area contributed by atoms with Crippen LogP contribution in [0.5, 0.6) is 0 Å². The van der Waals surface area contributed by atoms with Gasteiger partial charge < -0.3 is 14.0 Å². The standard InChI is InChI=1S/C23H28FN3O4S2/c1-2-30-13-5-10-27-22-9-8-19(33(28,29)26-11-14-31-15-12-26)16-21(22)25-23(27)32-17-18-6-3-4-7-20(18)24/h3-4,6-9,16H,2,5,10-15,17H2,1H3.